The molecule has 1 atom stereocenters. The first kappa shape index (κ1) is 16.1. The van der Waals surface area contributed by atoms with Crippen LogP contribution < -0.4 is 11.1 Å². The van der Waals surface area contributed by atoms with Crippen molar-refractivity contribution in [3.63, 3.8) is 0 Å². The first-order valence-electron chi connectivity index (χ1n) is 6.93. The van der Waals surface area contributed by atoms with Crippen molar-refractivity contribution in [2.24, 2.45) is 5.73 Å². The molecule has 22 heavy (non-hydrogen) atoms. The molecule has 2 amide bonds. The number of benzene rings is 2. The van der Waals surface area contributed by atoms with Crippen LogP contribution in [-0.2, 0) is 10.5 Å². The smallest absolute Gasteiger partial charge is 0.250 e. The average molecular weight is 314 g/mol. The van der Waals surface area contributed by atoms with E-state index in [-0.39, 0.29) is 11.2 Å². The number of carbonyl (C=O) groups is 2. The van der Waals surface area contributed by atoms with Gasteiger partial charge >= 0.3 is 0 Å². The highest BCUT2D eigenvalue weighted by atomic mass is 32.2. The topological polar surface area (TPSA) is 72.2 Å². The number of hydrogen-bond acceptors (Lipinski definition) is 3. The molecule has 0 aliphatic heterocycles. The Balaban J connectivity index is 1.96. The maximum absolute atomic E-state index is 12.2. The summed E-state index contributed by atoms with van der Waals surface area (Å²) in [6, 6.07) is 16.7. The Bertz CT molecular complexity index is 659. The van der Waals surface area contributed by atoms with Gasteiger partial charge in [-0.15, -0.1) is 11.8 Å². The molecule has 0 unspecified atom stereocenters. The Kier molecular flexibility index (Phi) is 5.61. The van der Waals surface area contributed by atoms with Crippen molar-refractivity contribution in [2.75, 3.05) is 5.32 Å². The molecule has 0 radical (unpaired) electrons. The van der Waals surface area contributed by atoms with E-state index in [0.717, 1.165) is 5.75 Å². The van der Waals surface area contributed by atoms with E-state index in [1.807, 2.05) is 37.3 Å². The molecule has 0 fully saturated rings. The van der Waals surface area contributed by atoms with E-state index in [1.54, 1.807) is 36.0 Å². The van der Waals surface area contributed by atoms with E-state index in [1.165, 1.54) is 5.56 Å². The fraction of sp³-hybridized carbons (Fsp3) is 0.176. The zero-order chi connectivity index (χ0) is 15.9. The van der Waals surface area contributed by atoms with Crippen LogP contribution in [0.2, 0.25) is 0 Å². The largest absolute Gasteiger partial charge is 0.366 e. The number of anilines is 1. The lowest BCUT2D eigenvalue weighted by atomic mass is 10.1. The summed E-state index contributed by atoms with van der Waals surface area (Å²) in [7, 11) is 0. The fourth-order valence-electron chi connectivity index (χ4n) is 1.91. The molecule has 0 aliphatic carbocycles. The molecule has 3 N–H and O–H groups in total. The van der Waals surface area contributed by atoms with Crippen molar-refractivity contribution >= 4 is 29.3 Å². The number of amides is 2. The number of rotatable bonds is 6. The van der Waals surface area contributed by atoms with Gasteiger partial charge in [-0.25, -0.2) is 0 Å². The van der Waals surface area contributed by atoms with Gasteiger partial charge in [0, 0.05) is 5.75 Å². The van der Waals surface area contributed by atoms with E-state index in [9.17, 15) is 9.59 Å². The molecule has 2 aromatic carbocycles. The van der Waals surface area contributed by atoms with Gasteiger partial charge in [-0.3, -0.25) is 9.59 Å². The molecule has 0 aliphatic rings. The molecule has 4 nitrogen and oxygen atoms in total. The SMILES string of the molecule is C[C@H](SCc1ccccc1)C(=O)Nc1ccccc1C(N)=O. The molecule has 2 aromatic rings. The zero-order valence-corrected chi connectivity index (χ0v) is 13.1. The molecule has 2 rings (SSSR count). The van der Waals surface area contributed by atoms with Gasteiger partial charge in [-0.05, 0) is 24.6 Å². The minimum Gasteiger partial charge on any atom is -0.366 e. The highest BCUT2D eigenvalue weighted by molar-refractivity contribution is 7.99. The quantitative estimate of drug-likeness (QED) is 0.861. The van der Waals surface area contributed by atoms with E-state index in [4.69, 9.17) is 5.73 Å². The van der Waals surface area contributed by atoms with Crippen LogP contribution in [0, 0.1) is 0 Å². The first-order valence-corrected chi connectivity index (χ1v) is 7.98. The summed E-state index contributed by atoms with van der Waals surface area (Å²) in [4.78, 5) is 23.6. The third-order valence-corrected chi connectivity index (χ3v) is 4.38. The molecule has 0 spiro atoms. The van der Waals surface area contributed by atoms with E-state index in [0.29, 0.717) is 11.3 Å². The predicted molar refractivity (Wildman–Crippen MR) is 90.8 cm³/mol. The van der Waals surface area contributed by atoms with E-state index < -0.39 is 5.91 Å². The summed E-state index contributed by atoms with van der Waals surface area (Å²) in [5.74, 6) is 0.0579. The van der Waals surface area contributed by atoms with Crippen molar-refractivity contribution in [3.8, 4) is 0 Å². The number of thioether (sulfide) groups is 1. The summed E-state index contributed by atoms with van der Waals surface area (Å²) in [6.07, 6.45) is 0. The van der Waals surface area contributed by atoms with Gasteiger partial charge in [0.2, 0.25) is 5.91 Å². The molecule has 0 saturated heterocycles. The Labute approximate surface area is 134 Å². The van der Waals surface area contributed by atoms with Gasteiger partial charge in [0.25, 0.3) is 5.91 Å². The summed E-state index contributed by atoms with van der Waals surface area (Å²) >= 11 is 1.54. The number of hydrogen-bond donors (Lipinski definition) is 2. The van der Waals surface area contributed by atoms with Crippen LogP contribution in [0.15, 0.2) is 54.6 Å². The second-order valence-electron chi connectivity index (χ2n) is 4.84. The number of nitrogens with two attached hydrogens (primary N) is 1. The van der Waals surface area contributed by atoms with Crippen LogP contribution in [0.4, 0.5) is 5.69 Å². The minimum absolute atomic E-state index is 0.144. The van der Waals surface area contributed by atoms with Crippen LogP contribution in [0.1, 0.15) is 22.8 Å². The molecule has 0 aromatic heterocycles. The van der Waals surface area contributed by atoms with Crippen LogP contribution in [-0.4, -0.2) is 17.1 Å². The number of para-hydroxylation sites is 1. The van der Waals surface area contributed by atoms with Crippen molar-refractivity contribution in [1.29, 1.82) is 0 Å². The number of primary amides is 1. The van der Waals surface area contributed by atoms with Gasteiger partial charge < -0.3 is 11.1 Å². The maximum Gasteiger partial charge on any atom is 0.250 e. The molecular formula is C17H18N2O2S. The van der Waals surface area contributed by atoms with Crippen LogP contribution in [0.25, 0.3) is 0 Å². The standard InChI is InChI=1S/C17H18N2O2S/c1-12(22-11-13-7-3-2-4-8-13)17(21)19-15-10-6-5-9-14(15)16(18)20/h2-10,12H,11H2,1H3,(H2,18,20)(H,19,21)/t12-/m0/s1. The Morgan fingerprint density at radius 3 is 2.41 bits per heavy atom. The average Bonchev–Trinajstić information content (AvgIpc) is 2.53. The van der Waals surface area contributed by atoms with E-state index >= 15 is 0 Å². The Hall–Kier alpha value is -2.27. The monoisotopic (exact) mass is 314 g/mol. The zero-order valence-electron chi connectivity index (χ0n) is 12.3. The lowest BCUT2D eigenvalue weighted by Crippen LogP contribution is -2.24. The van der Waals surface area contributed by atoms with Gasteiger partial charge in [-0.2, -0.15) is 0 Å². The van der Waals surface area contributed by atoms with Gasteiger partial charge in [0.15, 0.2) is 0 Å². The van der Waals surface area contributed by atoms with Crippen molar-refractivity contribution in [3.05, 3.63) is 65.7 Å². The summed E-state index contributed by atoms with van der Waals surface area (Å²) in [5, 5.41) is 2.53. The van der Waals surface area contributed by atoms with Gasteiger partial charge in [-0.1, -0.05) is 42.5 Å². The molecule has 0 heterocycles. The third kappa shape index (κ3) is 4.36. The Morgan fingerprint density at radius 2 is 1.73 bits per heavy atom. The number of carbonyl (C=O) groups excluding carboxylic acids is 2. The molecule has 114 valence electrons. The highest BCUT2D eigenvalue weighted by Crippen LogP contribution is 2.20. The normalized spacial score (nSPS) is 11.7. The second-order valence-corrected chi connectivity index (χ2v) is 6.17. The molecule has 0 bridgehead atoms. The van der Waals surface area contributed by atoms with Crippen LogP contribution >= 0.6 is 11.8 Å². The fourth-order valence-corrected chi connectivity index (χ4v) is 2.76. The van der Waals surface area contributed by atoms with Crippen molar-refractivity contribution < 1.29 is 9.59 Å². The summed E-state index contributed by atoms with van der Waals surface area (Å²) in [6.45, 7) is 1.84. The van der Waals surface area contributed by atoms with E-state index in [2.05, 4.69) is 5.32 Å². The Morgan fingerprint density at radius 1 is 1.09 bits per heavy atom. The first-order chi connectivity index (χ1) is 10.6. The second kappa shape index (κ2) is 7.66. The molecule has 5 heteroatoms. The number of nitrogens with one attached hydrogen (secondary N) is 1. The van der Waals surface area contributed by atoms with Crippen LogP contribution in [0.5, 0.6) is 0 Å². The van der Waals surface area contributed by atoms with Crippen molar-refractivity contribution in [1.82, 2.24) is 0 Å². The lowest BCUT2D eigenvalue weighted by Gasteiger charge is -2.13. The predicted octanol–water partition coefficient (Wildman–Crippen LogP) is 3.05. The highest BCUT2D eigenvalue weighted by Gasteiger charge is 2.16. The maximum atomic E-state index is 12.2. The van der Waals surface area contributed by atoms with Crippen molar-refractivity contribution in [2.45, 2.75) is 17.9 Å². The van der Waals surface area contributed by atoms with Gasteiger partial charge in [0.1, 0.15) is 0 Å². The molecule has 0 saturated carbocycles. The van der Waals surface area contributed by atoms with Gasteiger partial charge in [0.05, 0.1) is 16.5 Å². The lowest BCUT2D eigenvalue weighted by molar-refractivity contribution is -0.115. The minimum atomic E-state index is -0.555. The van der Waals surface area contributed by atoms with Crippen LogP contribution in [0.3, 0.4) is 0 Å². The third-order valence-electron chi connectivity index (χ3n) is 3.16. The summed E-state index contributed by atoms with van der Waals surface area (Å²) < 4.78 is 0. The summed E-state index contributed by atoms with van der Waals surface area (Å²) in [5.41, 5.74) is 7.24. The molecular weight excluding hydrogens is 296 g/mol.